The molecule has 2 rings (SSSR count). The van der Waals surface area contributed by atoms with Gasteiger partial charge in [0, 0.05) is 0 Å². The van der Waals surface area contributed by atoms with Crippen LogP contribution in [0.1, 0.15) is 38.0 Å². The first-order chi connectivity index (χ1) is 10.7. The van der Waals surface area contributed by atoms with Crippen LogP contribution in [0.2, 0.25) is 0 Å². The van der Waals surface area contributed by atoms with E-state index < -0.39 is 20.7 Å². The third-order valence-electron chi connectivity index (χ3n) is 3.45. The lowest BCUT2D eigenvalue weighted by Crippen LogP contribution is -2.29. The highest BCUT2D eigenvalue weighted by Crippen LogP contribution is 2.31. The number of ether oxygens (including phenoxy) is 1. The first kappa shape index (κ1) is 17.4. The van der Waals surface area contributed by atoms with Gasteiger partial charge in [-0.3, -0.25) is 0 Å². The minimum atomic E-state index is -3.68. The Labute approximate surface area is 136 Å². The molecule has 0 bridgehead atoms. The Morgan fingerprint density at radius 2 is 1.74 bits per heavy atom. The Morgan fingerprint density at radius 1 is 1.13 bits per heavy atom. The van der Waals surface area contributed by atoms with E-state index in [1.807, 2.05) is 6.07 Å². The van der Waals surface area contributed by atoms with Crippen LogP contribution in [0.4, 0.5) is 0 Å². The van der Waals surface area contributed by atoms with Gasteiger partial charge in [0.1, 0.15) is 6.10 Å². The fourth-order valence-electron chi connectivity index (χ4n) is 1.99. The molecule has 2 aromatic rings. The molecule has 1 N–H and O–H groups in total. The molecule has 0 aliphatic carbocycles. The number of hydrogen-bond acceptors (Lipinski definition) is 6. The van der Waals surface area contributed by atoms with Crippen LogP contribution in [0.25, 0.3) is 0 Å². The van der Waals surface area contributed by atoms with Crippen molar-refractivity contribution in [3.63, 3.8) is 0 Å². The summed E-state index contributed by atoms with van der Waals surface area (Å²) in [5.41, 5.74) is 0.870. The third-order valence-corrected chi connectivity index (χ3v) is 5.81. The second-order valence-corrected chi connectivity index (χ2v) is 8.73. The monoisotopic (exact) mass is 336 g/mol. The molecule has 124 valence electrons. The van der Waals surface area contributed by atoms with E-state index in [9.17, 15) is 13.5 Å². The van der Waals surface area contributed by atoms with E-state index in [4.69, 9.17) is 4.74 Å². The molecule has 0 aliphatic heterocycles. The van der Waals surface area contributed by atoms with Crippen LogP contribution in [0.15, 0.2) is 41.4 Å². The van der Waals surface area contributed by atoms with Crippen molar-refractivity contribution < 1.29 is 18.3 Å². The number of nitrogens with zero attached hydrogens (tertiary/aromatic N) is 2. The average molecular weight is 336 g/mol. The fourth-order valence-corrected chi connectivity index (χ4v) is 3.05. The quantitative estimate of drug-likeness (QED) is 0.920. The highest BCUT2D eigenvalue weighted by atomic mass is 32.2. The van der Waals surface area contributed by atoms with Gasteiger partial charge in [0.15, 0.2) is 5.03 Å². The molecule has 7 heteroatoms. The molecular weight excluding hydrogens is 316 g/mol. The van der Waals surface area contributed by atoms with Crippen molar-refractivity contribution in [2.75, 3.05) is 7.11 Å². The molecule has 0 aliphatic rings. The van der Waals surface area contributed by atoms with E-state index in [1.54, 1.807) is 45.0 Å². The molecule has 0 saturated carbocycles. The smallest absolute Gasteiger partial charge is 0.239 e. The number of rotatable bonds is 4. The molecule has 1 heterocycles. The lowest BCUT2D eigenvalue weighted by molar-refractivity contribution is 0.212. The van der Waals surface area contributed by atoms with E-state index in [-0.39, 0.29) is 16.5 Å². The van der Waals surface area contributed by atoms with Crippen LogP contribution >= 0.6 is 0 Å². The van der Waals surface area contributed by atoms with E-state index >= 15 is 0 Å². The van der Waals surface area contributed by atoms with Gasteiger partial charge in [-0.25, -0.2) is 8.42 Å². The normalized spacial score (nSPS) is 13.6. The lowest BCUT2D eigenvalue weighted by Gasteiger charge is -2.20. The number of aliphatic hydroxyl groups excluding tert-OH is 1. The Hall–Kier alpha value is -1.99. The summed E-state index contributed by atoms with van der Waals surface area (Å²) in [5, 5.41) is 17.9. The second-order valence-electron chi connectivity index (χ2n) is 6.08. The van der Waals surface area contributed by atoms with Gasteiger partial charge in [-0.15, -0.1) is 10.2 Å². The topological polar surface area (TPSA) is 89.4 Å². The average Bonchev–Trinajstić information content (AvgIpc) is 2.53. The molecule has 1 unspecified atom stereocenters. The van der Waals surface area contributed by atoms with Gasteiger partial charge in [-0.05, 0) is 32.4 Å². The van der Waals surface area contributed by atoms with Crippen LogP contribution in [0.3, 0.4) is 0 Å². The highest BCUT2D eigenvalue weighted by molar-refractivity contribution is 7.92. The highest BCUT2D eigenvalue weighted by Gasteiger charge is 2.34. The molecule has 6 nitrogen and oxygen atoms in total. The van der Waals surface area contributed by atoms with Crippen molar-refractivity contribution in [3.8, 4) is 5.88 Å². The van der Waals surface area contributed by atoms with E-state index in [1.165, 1.54) is 13.2 Å². The van der Waals surface area contributed by atoms with Crippen LogP contribution in [-0.4, -0.2) is 35.6 Å². The van der Waals surface area contributed by atoms with Crippen LogP contribution in [0.5, 0.6) is 5.88 Å². The molecule has 23 heavy (non-hydrogen) atoms. The molecular formula is C16H20N2O4S. The second kappa shape index (κ2) is 6.25. The Morgan fingerprint density at radius 3 is 2.26 bits per heavy atom. The van der Waals surface area contributed by atoms with Gasteiger partial charge in [-0.1, -0.05) is 30.3 Å². The number of benzene rings is 1. The van der Waals surface area contributed by atoms with Crippen molar-refractivity contribution in [1.82, 2.24) is 10.2 Å². The molecule has 0 amide bonds. The molecule has 0 fully saturated rings. The summed E-state index contributed by atoms with van der Waals surface area (Å²) in [6, 6.07) is 10.2. The minimum Gasteiger partial charge on any atom is -0.480 e. The summed E-state index contributed by atoms with van der Waals surface area (Å²) in [5.74, 6) is 0.0919. The minimum absolute atomic E-state index is 0.0919. The van der Waals surface area contributed by atoms with E-state index in [0.717, 1.165) is 0 Å². The first-order valence-corrected chi connectivity index (χ1v) is 8.56. The SMILES string of the molecule is COc1nnc(S(=O)(=O)C(C)(C)C)cc1C(O)c1ccccc1. The van der Waals surface area contributed by atoms with Gasteiger partial charge in [0.25, 0.3) is 0 Å². The summed E-state index contributed by atoms with van der Waals surface area (Å²) in [7, 11) is -2.29. The number of aromatic nitrogens is 2. The fraction of sp³-hybridized carbons (Fsp3) is 0.375. The van der Waals surface area contributed by atoms with E-state index in [0.29, 0.717) is 5.56 Å². The number of methoxy groups -OCH3 is 1. The number of hydrogen-bond donors (Lipinski definition) is 1. The van der Waals surface area contributed by atoms with Gasteiger partial charge in [0.05, 0.1) is 17.4 Å². The molecule has 0 radical (unpaired) electrons. The van der Waals surface area contributed by atoms with Gasteiger partial charge < -0.3 is 9.84 Å². The molecule has 0 saturated heterocycles. The maximum Gasteiger partial charge on any atom is 0.239 e. The van der Waals surface area contributed by atoms with E-state index in [2.05, 4.69) is 10.2 Å². The standard InChI is InChI=1S/C16H20N2O4S/c1-16(2,3)23(20,21)13-10-12(15(22-4)18-17-13)14(19)11-8-6-5-7-9-11/h5-10,14,19H,1-4H3. The maximum absolute atomic E-state index is 12.5. The predicted molar refractivity (Wildman–Crippen MR) is 86.0 cm³/mol. The zero-order valence-corrected chi connectivity index (χ0v) is 14.3. The summed E-state index contributed by atoms with van der Waals surface area (Å²) in [4.78, 5) is 0. The first-order valence-electron chi connectivity index (χ1n) is 7.07. The van der Waals surface area contributed by atoms with Crippen molar-refractivity contribution in [3.05, 3.63) is 47.5 Å². The van der Waals surface area contributed by atoms with Crippen molar-refractivity contribution in [1.29, 1.82) is 0 Å². The Bertz CT molecular complexity index is 783. The van der Waals surface area contributed by atoms with Crippen LogP contribution in [0, 0.1) is 0 Å². The summed E-state index contributed by atoms with van der Waals surface area (Å²) in [6.45, 7) is 4.75. The zero-order chi connectivity index (χ0) is 17.3. The van der Waals surface area contributed by atoms with Crippen molar-refractivity contribution in [2.45, 2.75) is 36.6 Å². The summed E-state index contributed by atoms with van der Waals surface area (Å²) < 4.78 is 29.2. The van der Waals surface area contributed by atoms with Gasteiger partial charge in [0.2, 0.25) is 15.7 Å². The van der Waals surface area contributed by atoms with Crippen LogP contribution < -0.4 is 4.74 Å². The zero-order valence-electron chi connectivity index (χ0n) is 13.5. The predicted octanol–water partition coefficient (Wildman–Crippen LogP) is 2.14. The van der Waals surface area contributed by atoms with Crippen molar-refractivity contribution >= 4 is 9.84 Å². The third kappa shape index (κ3) is 3.35. The van der Waals surface area contributed by atoms with Gasteiger partial charge >= 0.3 is 0 Å². The molecule has 0 spiro atoms. The number of aliphatic hydroxyl groups is 1. The van der Waals surface area contributed by atoms with Crippen molar-refractivity contribution in [2.24, 2.45) is 0 Å². The van der Waals surface area contributed by atoms with Crippen LogP contribution in [-0.2, 0) is 9.84 Å². The molecule has 1 atom stereocenters. The molecule has 1 aromatic heterocycles. The Balaban J connectivity index is 2.58. The summed E-state index contributed by atoms with van der Waals surface area (Å²) in [6.07, 6.45) is -1.06. The van der Waals surface area contributed by atoms with Gasteiger partial charge in [-0.2, -0.15) is 0 Å². The summed E-state index contributed by atoms with van der Waals surface area (Å²) >= 11 is 0. The largest absolute Gasteiger partial charge is 0.480 e. The number of sulfone groups is 1. The lowest BCUT2D eigenvalue weighted by atomic mass is 10.0. The molecule has 1 aromatic carbocycles. The Kier molecular flexibility index (Phi) is 4.72. The maximum atomic E-state index is 12.5.